The topological polar surface area (TPSA) is 687 Å². The Morgan fingerprint density at radius 3 is 0.520 bits per heavy atom. The van der Waals surface area contributed by atoms with E-state index >= 15 is 0 Å². The van der Waals surface area contributed by atoms with Gasteiger partial charge in [-0.1, -0.05) is 0 Å². The number of rotatable bonds is 45. The normalized spacial score (nSPS) is 17.2. The van der Waals surface area contributed by atoms with Gasteiger partial charge < -0.3 is 149 Å². The maximum absolute atomic E-state index is 12.2. The van der Waals surface area contributed by atoms with Crippen molar-refractivity contribution in [3.8, 4) is 17.2 Å². The predicted octanol–water partition coefficient (Wildman–Crippen LogP) is -22.6. The standard InChI is InChI=1S/3C25H39N5O11.4Gd/c3*1-2-41-24-21(22(37)23(24)38)26-5-3-4-17(25(39)40)30-12-10-28(15-19(33)34)8-6-27(14-18(31)32)7-9-29(11-13-30)16-20(35)36;;;;/h3*17,26H,2-16H2,1H3,(H,31,32)(H,33,34)(H,35,36)(H,39,40);;;;/q;;;4*+3/p-12. The van der Waals surface area contributed by atoms with Gasteiger partial charge in [-0.05, 0) is 59.3 Å². The molecule has 0 aliphatic carbocycles. The molecule has 3 aliphatic rings. The minimum atomic E-state index is -1.39. The number of nitrogens with zero attached hydrogens (tertiary/aromatic N) is 12. The number of aliphatic carboxylic acids is 12. The summed E-state index contributed by atoms with van der Waals surface area (Å²) in [6.07, 6.45) is 0.953. The number of ether oxygens (including phenoxy) is 3. The van der Waals surface area contributed by atoms with Gasteiger partial charge in [-0.15, -0.1) is 0 Å². The molecule has 3 aromatic carbocycles. The van der Waals surface area contributed by atoms with Crippen molar-refractivity contribution < 1.29 is 293 Å². The fourth-order valence-electron chi connectivity index (χ4n) is 14.0. The molecule has 710 valence electrons. The Hall–Kier alpha value is -5.50. The van der Waals surface area contributed by atoms with E-state index in [1.165, 1.54) is 44.1 Å². The van der Waals surface area contributed by atoms with E-state index in [1.54, 1.807) is 35.5 Å². The van der Waals surface area contributed by atoms with Gasteiger partial charge in [-0.2, -0.15) is 0 Å². The molecule has 3 aromatic rings. The Kier molecular flexibility index (Phi) is 62.3. The van der Waals surface area contributed by atoms with Crippen molar-refractivity contribution in [3.63, 3.8) is 0 Å². The molecule has 0 saturated carbocycles. The molecule has 3 saturated heterocycles. The Morgan fingerprint density at radius 1 is 0.252 bits per heavy atom. The molecule has 3 fully saturated rings. The Balaban J connectivity index is 0.00000185. The van der Waals surface area contributed by atoms with Crippen LogP contribution in [0.2, 0.25) is 0 Å². The second-order valence-corrected chi connectivity index (χ2v) is 29.0. The molecular weight excluding hydrogens is 2270 g/mol. The average Bonchev–Trinajstić information content (AvgIpc) is 0.793. The molecule has 0 spiro atoms. The van der Waals surface area contributed by atoms with Crippen LogP contribution in [0, 0.1) is 160 Å². The van der Waals surface area contributed by atoms with Gasteiger partial charge in [-0.3, -0.25) is 87.6 Å². The van der Waals surface area contributed by atoms with E-state index in [1.807, 2.05) is 0 Å². The largest absolute Gasteiger partial charge is 3.00 e. The second kappa shape index (κ2) is 65.2. The smallest absolute Gasteiger partial charge is 0.549 e. The van der Waals surface area contributed by atoms with Gasteiger partial charge in [-0.25, -0.2) is 0 Å². The first-order valence-electron chi connectivity index (χ1n) is 40.0. The van der Waals surface area contributed by atoms with E-state index in [2.05, 4.69) is 16.0 Å². The monoisotopic (exact) mass is 2380 g/mol. The summed E-state index contributed by atoms with van der Waals surface area (Å²) >= 11 is 0. The molecule has 48 nitrogen and oxygen atoms in total. The van der Waals surface area contributed by atoms with Crippen LogP contribution in [0.3, 0.4) is 0 Å². The van der Waals surface area contributed by atoms with Crippen LogP contribution in [-0.2, 0) is 57.5 Å². The van der Waals surface area contributed by atoms with Crippen LogP contribution in [0.15, 0.2) is 28.8 Å². The number of nitrogens with one attached hydrogen (secondary N) is 3. The first kappa shape index (κ1) is 121. The fraction of sp³-hybridized carbons (Fsp3) is 0.680. The predicted molar refractivity (Wildman–Crippen MR) is 405 cm³/mol. The Bertz CT molecular complexity index is 3700. The maximum atomic E-state index is 12.2. The summed E-state index contributed by atoms with van der Waals surface area (Å²) < 4.78 is 15.4. The number of hydrogen-bond donors (Lipinski definition) is 3. The van der Waals surface area contributed by atoms with E-state index in [0.717, 1.165) is 0 Å². The van der Waals surface area contributed by atoms with E-state index in [4.69, 9.17) is 14.2 Å². The Labute approximate surface area is 858 Å². The van der Waals surface area contributed by atoms with Gasteiger partial charge in [0, 0.05) is 254 Å². The number of carbonyl (C=O) groups is 12. The molecule has 6 rings (SSSR count). The number of carbonyl (C=O) groups excluding carboxylic acids is 12. The number of anilines is 3. The van der Waals surface area contributed by atoms with E-state index in [0.29, 0.717) is 0 Å². The third-order valence-corrected chi connectivity index (χ3v) is 20.3. The van der Waals surface area contributed by atoms with Crippen molar-refractivity contribution in [1.82, 2.24) is 58.8 Å². The third-order valence-electron chi connectivity index (χ3n) is 20.3. The first-order valence-corrected chi connectivity index (χ1v) is 40.0. The third kappa shape index (κ3) is 45.7. The van der Waals surface area contributed by atoms with Gasteiger partial charge in [0.15, 0.2) is 17.2 Å². The van der Waals surface area contributed by atoms with Crippen LogP contribution in [0.25, 0.3) is 0 Å². The zero-order valence-electron chi connectivity index (χ0n) is 70.3. The Morgan fingerprint density at radius 2 is 0.394 bits per heavy atom. The number of hydrogen-bond acceptors (Lipinski definition) is 48. The number of carboxylic acids is 12. The first-order chi connectivity index (χ1) is 58.3. The molecule has 52 heteroatoms. The molecule has 3 N–H and O–H groups in total. The molecule has 3 unspecified atom stereocenters. The molecule has 127 heavy (non-hydrogen) atoms. The summed E-state index contributed by atoms with van der Waals surface area (Å²) in [5.41, 5.74) is -4.22. The fourth-order valence-corrected chi connectivity index (χ4v) is 14.0. The van der Waals surface area contributed by atoms with E-state index < -0.39 is 181 Å². The molecule has 0 aromatic heterocycles. The summed E-state index contributed by atoms with van der Waals surface area (Å²) in [5.74, 6) is -16.5. The van der Waals surface area contributed by atoms with Crippen molar-refractivity contribution in [2.45, 2.75) is 77.4 Å². The quantitative estimate of drug-likeness (QED) is 0.0349. The van der Waals surface area contributed by atoms with E-state index in [9.17, 15) is 148 Å². The van der Waals surface area contributed by atoms with Crippen LogP contribution >= 0.6 is 0 Å². The van der Waals surface area contributed by atoms with Crippen LogP contribution in [-0.4, -0.2) is 404 Å². The van der Waals surface area contributed by atoms with Gasteiger partial charge in [0.2, 0.25) is 0 Å². The summed E-state index contributed by atoms with van der Waals surface area (Å²) in [5, 5.41) is 146. The summed E-state index contributed by atoms with van der Waals surface area (Å²) in [6.45, 7) is 4.52. The van der Waals surface area contributed by atoms with Crippen LogP contribution in [0.1, 0.15) is 59.3 Å². The van der Waals surface area contributed by atoms with Crippen LogP contribution in [0.4, 0.5) is 17.1 Å². The number of carboxylic acid groups (broad SMARTS) is 12. The van der Waals surface area contributed by atoms with Gasteiger partial charge in [0.05, 0.1) is 91.5 Å². The summed E-state index contributed by atoms with van der Waals surface area (Å²) in [7, 11) is 0. The van der Waals surface area contributed by atoms with Gasteiger partial charge in [0.25, 0.3) is 32.6 Å². The zero-order chi connectivity index (χ0) is 91.6. The van der Waals surface area contributed by atoms with Crippen molar-refractivity contribution in [2.75, 3.05) is 271 Å². The molecule has 0 amide bonds. The van der Waals surface area contributed by atoms with Crippen LogP contribution in [0.5, 0.6) is 17.2 Å². The molecule has 3 heterocycles. The molecule has 3 aliphatic heterocycles. The minimum Gasteiger partial charge on any atom is -0.549 e. The average molecular weight is 2370 g/mol. The van der Waals surface area contributed by atoms with Gasteiger partial charge in [0.1, 0.15) is 17.1 Å². The van der Waals surface area contributed by atoms with Crippen molar-refractivity contribution >= 4 is 88.7 Å². The SMILES string of the molecule is CCOc1c(NCCCC(C(=O)[O-])N2CCN(CC(=O)[O-])CCN(CC(=O)[O-])CCN(CC(=O)[O-])CC2)c(=O)c1=O.CCOc1c(NCCCC(C(=O)[O-])N2CCN(CC(=O)[O-])CCN(CC(=O)[O-])CCN(CC(=O)[O-])CC2)c(=O)c1=O.CCOc1c(NCCCC(C(=O)[O-])N2CCN(CC(=O)[O-])CCN(CC(=O)[O-])CCN(CC(=O)[O-])CC2)c(=O)c1=O.[Gd+3].[Gd+3].[Gd+3].[Gd+3]. The van der Waals surface area contributed by atoms with Crippen molar-refractivity contribution in [3.05, 3.63) is 61.3 Å². The van der Waals surface area contributed by atoms with Crippen molar-refractivity contribution in [1.29, 1.82) is 0 Å². The second-order valence-electron chi connectivity index (χ2n) is 29.0. The van der Waals surface area contributed by atoms with Gasteiger partial charge >= 0.3 is 160 Å². The molecule has 0 bridgehead atoms. The molecular formula is C75H105Gd4N15O33. The molecule has 4 radical (unpaired) electrons. The summed E-state index contributed by atoms with van der Waals surface area (Å²) in [4.78, 5) is 226. The zero-order valence-corrected chi connectivity index (χ0v) is 79.4. The minimum absolute atomic E-state index is 0. The maximum Gasteiger partial charge on any atom is 3.00 e. The summed E-state index contributed by atoms with van der Waals surface area (Å²) in [6, 6.07) is -3.41. The van der Waals surface area contributed by atoms with Crippen LogP contribution < -0.4 is 124 Å². The van der Waals surface area contributed by atoms with E-state index in [-0.39, 0.29) is 429 Å². The van der Waals surface area contributed by atoms with Crippen molar-refractivity contribution in [2.24, 2.45) is 0 Å². The molecule has 3 atom stereocenters.